The van der Waals surface area contributed by atoms with Crippen LogP contribution in [0.15, 0.2) is 85.5 Å². The molecule has 0 saturated carbocycles. The van der Waals surface area contributed by atoms with Gasteiger partial charge in [-0.05, 0) is 67.3 Å². The normalized spacial score (nSPS) is 19.7. The average molecular weight is 722 g/mol. The minimum absolute atomic E-state index is 0.258. The fourth-order valence-corrected chi connectivity index (χ4v) is 7.69. The third kappa shape index (κ3) is 7.21. The number of pyridine rings is 4. The van der Waals surface area contributed by atoms with Gasteiger partial charge in [-0.1, -0.05) is 47.5 Å². The summed E-state index contributed by atoms with van der Waals surface area (Å²) in [5, 5.41) is 30.0. The second-order valence-corrected chi connectivity index (χ2v) is 14.6. The number of hydrogen-bond donors (Lipinski definition) is 4. The van der Waals surface area contributed by atoms with Crippen molar-refractivity contribution in [3.63, 3.8) is 0 Å². The monoisotopic (exact) mass is 720 g/mol. The van der Waals surface area contributed by atoms with Gasteiger partial charge >= 0.3 is 0 Å². The molecule has 0 spiro atoms. The molecule has 0 amide bonds. The van der Waals surface area contributed by atoms with Crippen molar-refractivity contribution in [2.24, 2.45) is 0 Å². The molecule has 51 heavy (non-hydrogen) atoms. The van der Waals surface area contributed by atoms with Crippen molar-refractivity contribution >= 4 is 68.0 Å². The number of aromatic nitrogens is 4. The number of aliphatic hydroxyl groups excluding tert-OH is 1. The molecule has 4 N–H and O–H groups in total. The van der Waals surface area contributed by atoms with E-state index >= 15 is 0 Å². The van der Waals surface area contributed by atoms with Crippen molar-refractivity contribution in [1.29, 1.82) is 0 Å². The van der Waals surface area contributed by atoms with Gasteiger partial charge in [0, 0.05) is 86.0 Å². The fraction of sp³-hybridized carbons (Fsp3) is 0.282. The third-order valence-electron chi connectivity index (χ3n) is 9.70. The molecule has 2 aliphatic rings. The topological polar surface area (TPSA) is 123 Å². The van der Waals surface area contributed by atoms with E-state index in [1.807, 2.05) is 67.8 Å². The fourth-order valence-electron chi connectivity index (χ4n) is 7.14. The Bertz CT molecular complexity index is 2250. The lowest BCUT2D eigenvalue weighted by molar-refractivity contribution is 0.0679. The van der Waals surface area contributed by atoms with E-state index in [2.05, 4.69) is 42.5 Å². The zero-order valence-corrected chi connectivity index (χ0v) is 29.7. The molecule has 2 unspecified atom stereocenters. The number of rotatable bonds is 9. The lowest BCUT2D eigenvalue weighted by Gasteiger charge is -2.19. The maximum absolute atomic E-state index is 10.4. The summed E-state index contributed by atoms with van der Waals surface area (Å²) in [5.74, 6) is 1.20. The first-order valence-electron chi connectivity index (χ1n) is 17.1. The Balaban J connectivity index is 1.03. The van der Waals surface area contributed by atoms with Crippen molar-refractivity contribution < 1.29 is 10.2 Å². The molecular formula is C39H38Cl2N8O2. The van der Waals surface area contributed by atoms with Crippen molar-refractivity contribution in [3.05, 3.63) is 107 Å². The Morgan fingerprint density at radius 3 is 1.80 bits per heavy atom. The van der Waals surface area contributed by atoms with Gasteiger partial charge in [0.1, 0.15) is 11.0 Å². The predicted octanol–water partition coefficient (Wildman–Crippen LogP) is 7.56. The molecule has 4 aromatic heterocycles. The number of hydrogen-bond acceptors (Lipinski definition) is 10. The highest BCUT2D eigenvalue weighted by Crippen LogP contribution is 2.42. The quantitative estimate of drug-likeness (QED) is 0.119. The van der Waals surface area contributed by atoms with E-state index in [9.17, 15) is 10.2 Å². The standard InChI is InChI=1S/C39H38Cl2N8O2/c1-39(51)11-15-49(23-39)21-25-17-27-9-13-43-38(36(27)45-19-25)47-32-7-3-5-30(34(32)41)29-4-2-6-31(33(29)40)46-37-35-26(8-12-42-37)16-24(18-44-35)20-48-14-10-28(50)22-48/h2-9,12-13,16-19,28,50-51H,10-11,14-15,20-23H2,1H3,(H,42,46)(H,43,47). The van der Waals surface area contributed by atoms with Crippen LogP contribution in [0.1, 0.15) is 30.9 Å². The molecule has 0 radical (unpaired) electrons. The molecule has 8 rings (SSSR count). The van der Waals surface area contributed by atoms with E-state index in [1.54, 1.807) is 12.4 Å². The summed E-state index contributed by atoms with van der Waals surface area (Å²) in [6.07, 6.45) is 8.58. The van der Waals surface area contributed by atoms with Crippen molar-refractivity contribution in [2.75, 3.05) is 36.8 Å². The van der Waals surface area contributed by atoms with Crippen LogP contribution >= 0.6 is 23.2 Å². The van der Waals surface area contributed by atoms with Gasteiger partial charge in [-0.25, -0.2) is 9.97 Å². The Hall–Kier alpha value is -4.42. The highest BCUT2D eigenvalue weighted by Gasteiger charge is 2.31. The summed E-state index contributed by atoms with van der Waals surface area (Å²) < 4.78 is 0. The number of nitrogens with one attached hydrogen (secondary N) is 2. The van der Waals surface area contributed by atoms with E-state index in [1.165, 1.54) is 0 Å². The van der Waals surface area contributed by atoms with Crippen molar-refractivity contribution in [3.8, 4) is 11.1 Å². The second kappa shape index (κ2) is 14.0. The van der Waals surface area contributed by atoms with Crippen LogP contribution in [0.4, 0.5) is 23.0 Å². The molecule has 2 saturated heterocycles. The van der Waals surface area contributed by atoms with Gasteiger partial charge in [0.15, 0.2) is 11.6 Å². The first-order valence-corrected chi connectivity index (χ1v) is 17.9. The molecule has 0 bridgehead atoms. The number of benzene rings is 2. The molecule has 6 heterocycles. The van der Waals surface area contributed by atoms with Crippen LogP contribution in [0.5, 0.6) is 0 Å². The summed E-state index contributed by atoms with van der Waals surface area (Å²) in [4.78, 5) is 23.2. The van der Waals surface area contributed by atoms with Gasteiger partial charge in [-0.3, -0.25) is 19.8 Å². The number of nitrogens with zero attached hydrogens (tertiary/aromatic N) is 6. The van der Waals surface area contributed by atoms with Crippen LogP contribution in [-0.2, 0) is 13.1 Å². The molecule has 260 valence electrons. The predicted molar refractivity (Wildman–Crippen MR) is 204 cm³/mol. The van der Waals surface area contributed by atoms with Crippen molar-refractivity contribution in [2.45, 2.75) is 44.6 Å². The van der Waals surface area contributed by atoms with Gasteiger partial charge in [-0.15, -0.1) is 0 Å². The Kier molecular flexibility index (Phi) is 9.22. The van der Waals surface area contributed by atoms with Crippen LogP contribution in [0.3, 0.4) is 0 Å². The molecule has 0 aliphatic carbocycles. The molecule has 2 aliphatic heterocycles. The largest absolute Gasteiger partial charge is 0.392 e. The summed E-state index contributed by atoms with van der Waals surface area (Å²) in [6.45, 7) is 6.43. The minimum atomic E-state index is -0.641. The number of anilines is 4. The van der Waals surface area contributed by atoms with E-state index in [0.29, 0.717) is 46.1 Å². The average Bonchev–Trinajstić information content (AvgIpc) is 3.69. The smallest absolute Gasteiger partial charge is 0.156 e. The first-order chi connectivity index (χ1) is 24.7. The minimum Gasteiger partial charge on any atom is -0.392 e. The maximum atomic E-state index is 10.4. The zero-order valence-electron chi connectivity index (χ0n) is 28.2. The highest BCUT2D eigenvalue weighted by molar-refractivity contribution is 6.39. The number of likely N-dealkylation sites (tertiary alicyclic amines) is 2. The SMILES string of the molecule is CC1(O)CCN(Cc2cnc3c(Nc4cccc(-c5cccc(Nc6nccc7cc(CN8CCC(O)C8)cnc67)c5Cl)c4Cl)nccc3c2)C1. The van der Waals surface area contributed by atoms with Crippen LogP contribution in [-0.4, -0.2) is 77.8 Å². The Morgan fingerprint density at radius 2 is 1.31 bits per heavy atom. The van der Waals surface area contributed by atoms with Gasteiger partial charge in [0.2, 0.25) is 0 Å². The molecule has 2 atom stereocenters. The van der Waals surface area contributed by atoms with Crippen LogP contribution < -0.4 is 10.6 Å². The lowest BCUT2D eigenvalue weighted by atomic mass is 10.0. The lowest BCUT2D eigenvalue weighted by Crippen LogP contribution is -2.29. The second-order valence-electron chi connectivity index (χ2n) is 13.9. The summed E-state index contributed by atoms with van der Waals surface area (Å²) in [6, 6.07) is 19.7. The Labute approximate surface area is 306 Å². The van der Waals surface area contributed by atoms with E-state index < -0.39 is 5.60 Å². The van der Waals surface area contributed by atoms with Crippen LogP contribution in [0.25, 0.3) is 32.9 Å². The third-order valence-corrected chi connectivity index (χ3v) is 10.5. The Morgan fingerprint density at radius 1 is 0.765 bits per heavy atom. The summed E-state index contributed by atoms with van der Waals surface area (Å²) in [7, 11) is 0. The maximum Gasteiger partial charge on any atom is 0.156 e. The number of halogens is 2. The van der Waals surface area contributed by atoms with Crippen LogP contribution in [0, 0.1) is 0 Å². The van der Waals surface area contributed by atoms with Gasteiger partial charge in [-0.2, -0.15) is 0 Å². The first kappa shape index (κ1) is 33.7. The van der Waals surface area contributed by atoms with Gasteiger partial charge in [0.25, 0.3) is 0 Å². The van der Waals surface area contributed by atoms with Gasteiger partial charge in [0.05, 0.1) is 33.1 Å². The molecule has 2 fully saturated rings. The number of β-amino-alcohol motifs (C(OH)–C–C–N with tert-alkyl or cyclic N) is 2. The summed E-state index contributed by atoms with van der Waals surface area (Å²) in [5.41, 5.74) is 5.86. The molecule has 12 heteroatoms. The molecule has 10 nitrogen and oxygen atoms in total. The molecular weight excluding hydrogens is 683 g/mol. The van der Waals surface area contributed by atoms with E-state index in [-0.39, 0.29) is 6.10 Å². The van der Waals surface area contributed by atoms with E-state index in [4.69, 9.17) is 33.2 Å². The number of aliphatic hydroxyl groups is 2. The van der Waals surface area contributed by atoms with Gasteiger partial charge < -0.3 is 20.8 Å². The van der Waals surface area contributed by atoms with E-state index in [0.717, 1.165) is 83.1 Å². The highest BCUT2D eigenvalue weighted by atomic mass is 35.5. The van der Waals surface area contributed by atoms with Crippen LogP contribution in [0.2, 0.25) is 10.0 Å². The molecule has 6 aromatic rings. The zero-order chi connectivity index (χ0) is 35.1. The number of fused-ring (bicyclic) bond motifs is 2. The molecule has 2 aromatic carbocycles. The van der Waals surface area contributed by atoms with Crippen molar-refractivity contribution in [1.82, 2.24) is 29.7 Å². The summed E-state index contributed by atoms with van der Waals surface area (Å²) >= 11 is 14.2.